The SMILES string of the molecule is CCN(CC)C(CSc1ccc(C)cc1)CSc1ccc(C)cc1. The van der Waals surface area contributed by atoms with Gasteiger partial charge in [0.25, 0.3) is 0 Å². The Morgan fingerprint density at radius 3 is 1.42 bits per heavy atom. The average Bonchev–Trinajstić information content (AvgIpc) is 2.60. The Hall–Kier alpha value is -0.900. The van der Waals surface area contributed by atoms with Crippen LogP contribution in [0, 0.1) is 13.8 Å². The van der Waals surface area contributed by atoms with E-state index in [1.165, 1.54) is 20.9 Å². The van der Waals surface area contributed by atoms with Crippen LogP contribution in [0.1, 0.15) is 25.0 Å². The van der Waals surface area contributed by atoms with Gasteiger partial charge >= 0.3 is 0 Å². The molecule has 0 bridgehead atoms. The number of rotatable bonds is 9. The maximum Gasteiger partial charge on any atom is 0.0283 e. The molecule has 2 aromatic carbocycles. The Morgan fingerprint density at radius 2 is 1.08 bits per heavy atom. The molecule has 2 rings (SSSR count). The van der Waals surface area contributed by atoms with Crippen molar-refractivity contribution in [1.29, 1.82) is 0 Å². The number of nitrogens with zero attached hydrogens (tertiary/aromatic N) is 1. The molecule has 2 aromatic rings. The van der Waals surface area contributed by atoms with Crippen molar-refractivity contribution in [3.05, 3.63) is 59.7 Å². The standard InChI is InChI=1S/C21H29NS2/c1-5-22(6-2)19(15-23-20-11-7-17(3)8-12-20)16-24-21-13-9-18(4)10-14-21/h7-14,19H,5-6,15-16H2,1-4H3. The minimum atomic E-state index is 0.595. The molecule has 0 aliphatic rings. The molecule has 0 unspecified atom stereocenters. The van der Waals surface area contributed by atoms with Crippen LogP contribution in [0.5, 0.6) is 0 Å². The summed E-state index contributed by atoms with van der Waals surface area (Å²) in [4.78, 5) is 5.33. The second-order valence-corrected chi connectivity index (χ2v) is 8.31. The van der Waals surface area contributed by atoms with Crippen LogP contribution in [-0.4, -0.2) is 35.5 Å². The molecule has 0 N–H and O–H groups in total. The first-order valence-corrected chi connectivity index (χ1v) is 10.7. The highest BCUT2D eigenvalue weighted by Gasteiger charge is 2.16. The molecule has 0 amide bonds. The molecule has 24 heavy (non-hydrogen) atoms. The summed E-state index contributed by atoms with van der Waals surface area (Å²) in [5, 5.41) is 0. The lowest BCUT2D eigenvalue weighted by Gasteiger charge is -2.29. The highest BCUT2D eigenvalue weighted by molar-refractivity contribution is 8.00. The summed E-state index contributed by atoms with van der Waals surface area (Å²) in [5.41, 5.74) is 2.66. The Morgan fingerprint density at radius 1 is 0.708 bits per heavy atom. The molecule has 0 aliphatic heterocycles. The fourth-order valence-corrected chi connectivity index (χ4v) is 4.89. The van der Waals surface area contributed by atoms with Gasteiger partial charge in [0.2, 0.25) is 0 Å². The molecule has 0 fully saturated rings. The van der Waals surface area contributed by atoms with E-state index in [2.05, 4.69) is 81.1 Å². The summed E-state index contributed by atoms with van der Waals surface area (Å²) in [6.45, 7) is 11.1. The minimum absolute atomic E-state index is 0.595. The third kappa shape index (κ3) is 6.19. The number of hydrogen-bond donors (Lipinski definition) is 0. The molecule has 1 nitrogen and oxygen atoms in total. The van der Waals surface area contributed by atoms with Gasteiger partial charge in [-0.15, -0.1) is 23.5 Å². The van der Waals surface area contributed by atoms with Crippen LogP contribution >= 0.6 is 23.5 Å². The molecule has 3 heteroatoms. The van der Waals surface area contributed by atoms with E-state index in [4.69, 9.17) is 0 Å². The van der Waals surface area contributed by atoms with Crippen molar-refractivity contribution < 1.29 is 0 Å². The summed E-state index contributed by atoms with van der Waals surface area (Å²) >= 11 is 3.96. The van der Waals surface area contributed by atoms with Crippen molar-refractivity contribution in [3.8, 4) is 0 Å². The Balaban J connectivity index is 1.95. The van der Waals surface area contributed by atoms with Crippen LogP contribution in [0.15, 0.2) is 58.3 Å². The smallest absolute Gasteiger partial charge is 0.0283 e. The highest BCUT2D eigenvalue weighted by Crippen LogP contribution is 2.25. The fourth-order valence-electron chi connectivity index (χ4n) is 2.65. The second kappa shape index (κ2) is 10.2. The van der Waals surface area contributed by atoms with Crippen molar-refractivity contribution in [1.82, 2.24) is 4.90 Å². The van der Waals surface area contributed by atoms with E-state index in [0.717, 1.165) is 24.6 Å². The van der Waals surface area contributed by atoms with Crippen molar-refractivity contribution in [2.75, 3.05) is 24.6 Å². The quantitative estimate of drug-likeness (QED) is 0.513. The number of hydrogen-bond acceptors (Lipinski definition) is 3. The first kappa shape index (κ1) is 19.4. The van der Waals surface area contributed by atoms with Gasteiger partial charge in [-0.1, -0.05) is 49.2 Å². The molecule has 0 atom stereocenters. The molecule has 0 heterocycles. The summed E-state index contributed by atoms with van der Waals surface area (Å²) in [6.07, 6.45) is 0. The lowest BCUT2D eigenvalue weighted by molar-refractivity contribution is 0.254. The summed E-state index contributed by atoms with van der Waals surface area (Å²) in [5.74, 6) is 2.28. The normalized spacial score (nSPS) is 11.4. The second-order valence-electron chi connectivity index (χ2n) is 6.12. The summed E-state index contributed by atoms with van der Waals surface area (Å²) in [7, 11) is 0. The first-order chi connectivity index (χ1) is 11.6. The lowest BCUT2D eigenvalue weighted by Crippen LogP contribution is -2.38. The van der Waals surface area contributed by atoms with Gasteiger partial charge in [0.1, 0.15) is 0 Å². The van der Waals surface area contributed by atoms with E-state index in [1.54, 1.807) is 0 Å². The molecule has 130 valence electrons. The molecular weight excluding hydrogens is 330 g/mol. The zero-order chi connectivity index (χ0) is 17.4. The van der Waals surface area contributed by atoms with Gasteiger partial charge in [-0.25, -0.2) is 0 Å². The molecule has 0 aromatic heterocycles. The molecule has 0 saturated carbocycles. The van der Waals surface area contributed by atoms with E-state index in [-0.39, 0.29) is 0 Å². The van der Waals surface area contributed by atoms with Gasteiger partial charge in [-0.2, -0.15) is 0 Å². The van der Waals surface area contributed by atoms with Gasteiger partial charge in [0.15, 0.2) is 0 Å². The van der Waals surface area contributed by atoms with Crippen molar-refractivity contribution >= 4 is 23.5 Å². The molecule has 0 aliphatic carbocycles. The third-order valence-corrected chi connectivity index (χ3v) is 6.57. The fraction of sp³-hybridized carbons (Fsp3) is 0.429. The van der Waals surface area contributed by atoms with Crippen LogP contribution in [0.3, 0.4) is 0 Å². The topological polar surface area (TPSA) is 3.24 Å². The van der Waals surface area contributed by atoms with Gasteiger partial charge in [-0.05, 0) is 51.2 Å². The van der Waals surface area contributed by atoms with Gasteiger partial charge in [-0.3, -0.25) is 4.90 Å². The summed E-state index contributed by atoms with van der Waals surface area (Å²) in [6, 6.07) is 18.4. The van der Waals surface area contributed by atoms with E-state index >= 15 is 0 Å². The third-order valence-electron chi connectivity index (χ3n) is 4.26. The van der Waals surface area contributed by atoms with E-state index in [1.807, 2.05) is 23.5 Å². The lowest BCUT2D eigenvalue weighted by atomic mass is 10.2. The molecule has 0 saturated heterocycles. The van der Waals surface area contributed by atoms with Gasteiger partial charge < -0.3 is 0 Å². The Kier molecular flexibility index (Phi) is 8.23. The van der Waals surface area contributed by atoms with Crippen LogP contribution in [0.25, 0.3) is 0 Å². The molecular formula is C21H29NS2. The maximum atomic E-state index is 2.59. The van der Waals surface area contributed by atoms with Gasteiger partial charge in [0.05, 0.1) is 0 Å². The highest BCUT2D eigenvalue weighted by atomic mass is 32.2. The van der Waals surface area contributed by atoms with Crippen LogP contribution < -0.4 is 0 Å². The monoisotopic (exact) mass is 359 g/mol. The molecule has 0 spiro atoms. The Labute approximate surface area is 156 Å². The van der Waals surface area contributed by atoms with Crippen molar-refractivity contribution in [3.63, 3.8) is 0 Å². The zero-order valence-corrected chi connectivity index (χ0v) is 16.9. The average molecular weight is 360 g/mol. The maximum absolute atomic E-state index is 2.59. The van der Waals surface area contributed by atoms with Crippen molar-refractivity contribution in [2.24, 2.45) is 0 Å². The van der Waals surface area contributed by atoms with Crippen LogP contribution in [-0.2, 0) is 0 Å². The van der Waals surface area contributed by atoms with Crippen LogP contribution in [0.2, 0.25) is 0 Å². The van der Waals surface area contributed by atoms with Crippen molar-refractivity contribution in [2.45, 2.75) is 43.5 Å². The Bertz CT molecular complexity index is 539. The largest absolute Gasteiger partial charge is 0.299 e. The number of thioether (sulfide) groups is 2. The predicted molar refractivity (Wildman–Crippen MR) is 111 cm³/mol. The van der Waals surface area contributed by atoms with E-state index in [9.17, 15) is 0 Å². The minimum Gasteiger partial charge on any atom is -0.299 e. The first-order valence-electron chi connectivity index (χ1n) is 8.75. The zero-order valence-electron chi connectivity index (χ0n) is 15.3. The van der Waals surface area contributed by atoms with Crippen LogP contribution in [0.4, 0.5) is 0 Å². The predicted octanol–water partition coefficient (Wildman–Crippen LogP) is 5.90. The number of aryl methyl sites for hydroxylation is 2. The van der Waals surface area contributed by atoms with Gasteiger partial charge in [0, 0.05) is 27.3 Å². The number of benzene rings is 2. The summed E-state index contributed by atoms with van der Waals surface area (Å²) < 4.78 is 0. The van der Waals surface area contributed by atoms with E-state index in [0.29, 0.717) is 6.04 Å². The molecule has 0 radical (unpaired) electrons. The van der Waals surface area contributed by atoms with E-state index < -0.39 is 0 Å².